The molecule has 22 heavy (non-hydrogen) atoms. The molecule has 0 aliphatic carbocycles. The molecule has 0 radical (unpaired) electrons. The molecule has 1 aliphatic heterocycles. The lowest BCUT2D eigenvalue weighted by Crippen LogP contribution is -2.46. The van der Waals surface area contributed by atoms with Crippen LogP contribution in [-0.4, -0.2) is 25.2 Å². The molecule has 0 saturated carbocycles. The highest BCUT2D eigenvalue weighted by atomic mass is 79.9. The molecule has 1 aliphatic rings. The number of hydrogen-bond donors (Lipinski definition) is 2. The van der Waals surface area contributed by atoms with Crippen LogP contribution in [0.15, 0.2) is 16.6 Å². The number of hydrogen-bond acceptors (Lipinski definition) is 3. The molecule has 6 heteroatoms. The summed E-state index contributed by atoms with van der Waals surface area (Å²) in [7, 11) is 0. The maximum Gasteiger partial charge on any atom is 0.237 e. The Bertz CT molecular complexity index is 496. The van der Waals surface area contributed by atoms with Crippen molar-refractivity contribution in [1.82, 2.24) is 5.32 Å². The third-order valence-corrected chi connectivity index (χ3v) is 4.63. The van der Waals surface area contributed by atoms with Crippen LogP contribution in [0.1, 0.15) is 29.5 Å². The number of rotatable bonds is 4. The third kappa shape index (κ3) is 4.95. The first-order valence-electron chi connectivity index (χ1n) is 7.35. The summed E-state index contributed by atoms with van der Waals surface area (Å²) < 4.78 is 6.37. The van der Waals surface area contributed by atoms with Crippen molar-refractivity contribution in [3.8, 4) is 0 Å². The van der Waals surface area contributed by atoms with Crippen LogP contribution in [0.25, 0.3) is 0 Å². The summed E-state index contributed by atoms with van der Waals surface area (Å²) in [4.78, 5) is 12.2. The lowest BCUT2D eigenvalue weighted by Gasteiger charge is -2.27. The zero-order chi connectivity index (χ0) is 15.4. The molecule has 1 aromatic rings. The number of halogens is 2. The van der Waals surface area contributed by atoms with Gasteiger partial charge in [0.15, 0.2) is 0 Å². The summed E-state index contributed by atoms with van der Waals surface area (Å²) in [5.41, 5.74) is 9.58. The summed E-state index contributed by atoms with van der Waals surface area (Å²) in [6.45, 7) is 6.04. The van der Waals surface area contributed by atoms with Crippen LogP contribution < -0.4 is 11.1 Å². The van der Waals surface area contributed by atoms with Crippen molar-refractivity contribution in [2.24, 2.45) is 11.7 Å². The molecule has 1 amide bonds. The quantitative estimate of drug-likeness (QED) is 0.829. The van der Waals surface area contributed by atoms with Crippen LogP contribution in [0.4, 0.5) is 0 Å². The van der Waals surface area contributed by atoms with E-state index in [-0.39, 0.29) is 24.2 Å². The van der Waals surface area contributed by atoms with E-state index in [9.17, 15) is 4.79 Å². The van der Waals surface area contributed by atoms with Gasteiger partial charge < -0.3 is 15.8 Å². The van der Waals surface area contributed by atoms with E-state index in [0.717, 1.165) is 22.9 Å². The standard InChI is InChI=1S/C16H23BrN2O2.ClH/c1-10-7-13(17)8-11(2)14(10)9-19-16(20)15(18)12-3-5-21-6-4-12;/h7-8,12,15H,3-6,9,18H2,1-2H3,(H,19,20);1H. The van der Waals surface area contributed by atoms with Gasteiger partial charge in [0.25, 0.3) is 0 Å². The van der Waals surface area contributed by atoms with Crippen molar-refractivity contribution in [2.45, 2.75) is 39.3 Å². The van der Waals surface area contributed by atoms with Gasteiger partial charge in [-0.2, -0.15) is 0 Å². The highest BCUT2D eigenvalue weighted by Gasteiger charge is 2.26. The largest absolute Gasteiger partial charge is 0.381 e. The maximum absolute atomic E-state index is 12.2. The fraction of sp³-hybridized carbons (Fsp3) is 0.562. The minimum Gasteiger partial charge on any atom is -0.381 e. The number of nitrogens with one attached hydrogen (secondary N) is 1. The Hall–Kier alpha value is -0.620. The second-order valence-electron chi connectivity index (χ2n) is 5.71. The van der Waals surface area contributed by atoms with Gasteiger partial charge >= 0.3 is 0 Å². The van der Waals surface area contributed by atoms with Gasteiger partial charge in [-0.15, -0.1) is 12.4 Å². The first kappa shape index (κ1) is 19.4. The van der Waals surface area contributed by atoms with Crippen LogP contribution in [0, 0.1) is 19.8 Å². The number of ether oxygens (including phenoxy) is 1. The van der Waals surface area contributed by atoms with E-state index in [2.05, 4.69) is 47.2 Å². The summed E-state index contributed by atoms with van der Waals surface area (Å²) in [6.07, 6.45) is 1.73. The molecule has 1 unspecified atom stereocenters. The van der Waals surface area contributed by atoms with E-state index in [1.807, 2.05) is 0 Å². The molecule has 1 saturated heterocycles. The molecule has 1 heterocycles. The molecule has 1 aromatic carbocycles. The Morgan fingerprint density at radius 1 is 1.36 bits per heavy atom. The SMILES string of the molecule is Cc1cc(Br)cc(C)c1CNC(=O)C(N)C1CCOCC1.Cl. The number of amides is 1. The monoisotopic (exact) mass is 390 g/mol. The van der Waals surface area contributed by atoms with E-state index in [1.54, 1.807) is 0 Å². The summed E-state index contributed by atoms with van der Waals surface area (Å²) in [5.74, 6) is 0.162. The minimum atomic E-state index is -0.440. The summed E-state index contributed by atoms with van der Waals surface area (Å²) in [6, 6.07) is 3.68. The van der Waals surface area contributed by atoms with Crippen LogP contribution in [0.3, 0.4) is 0 Å². The average Bonchev–Trinajstić information content (AvgIpc) is 2.46. The normalized spacial score (nSPS) is 16.7. The van der Waals surface area contributed by atoms with E-state index >= 15 is 0 Å². The summed E-state index contributed by atoms with van der Waals surface area (Å²) >= 11 is 3.48. The molecule has 0 spiro atoms. The van der Waals surface area contributed by atoms with Crippen molar-refractivity contribution in [1.29, 1.82) is 0 Å². The van der Waals surface area contributed by atoms with Crippen LogP contribution >= 0.6 is 28.3 Å². The Balaban J connectivity index is 0.00000242. The number of nitrogens with two attached hydrogens (primary N) is 1. The van der Waals surface area contributed by atoms with Crippen molar-refractivity contribution < 1.29 is 9.53 Å². The Morgan fingerprint density at radius 2 is 1.91 bits per heavy atom. The van der Waals surface area contributed by atoms with Gasteiger partial charge in [-0.25, -0.2) is 0 Å². The van der Waals surface area contributed by atoms with Gasteiger partial charge in [-0.3, -0.25) is 4.79 Å². The van der Waals surface area contributed by atoms with Crippen molar-refractivity contribution >= 4 is 34.2 Å². The molecule has 0 aromatic heterocycles. The Morgan fingerprint density at radius 3 is 2.45 bits per heavy atom. The van der Waals surface area contributed by atoms with Crippen LogP contribution in [0.2, 0.25) is 0 Å². The topological polar surface area (TPSA) is 64.4 Å². The van der Waals surface area contributed by atoms with E-state index in [1.165, 1.54) is 11.1 Å². The van der Waals surface area contributed by atoms with Crippen molar-refractivity contribution in [3.05, 3.63) is 33.3 Å². The predicted octanol–water partition coefficient (Wildman–Crippen LogP) is 2.86. The number of aryl methyl sites for hydroxylation is 2. The molecule has 1 fully saturated rings. The van der Waals surface area contributed by atoms with E-state index in [0.29, 0.717) is 19.8 Å². The second kappa shape index (κ2) is 8.87. The van der Waals surface area contributed by atoms with Gasteiger partial charge in [0.1, 0.15) is 0 Å². The number of benzene rings is 1. The van der Waals surface area contributed by atoms with Gasteiger partial charge in [-0.05, 0) is 61.4 Å². The average molecular weight is 392 g/mol. The van der Waals surface area contributed by atoms with Gasteiger partial charge in [0.2, 0.25) is 5.91 Å². The molecule has 2 rings (SSSR count). The number of carbonyl (C=O) groups is 1. The molecule has 1 atom stereocenters. The minimum absolute atomic E-state index is 0. The highest BCUT2D eigenvalue weighted by molar-refractivity contribution is 9.10. The summed E-state index contributed by atoms with van der Waals surface area (Å²) in [5, 5.41) is 2.98. The molecule has 3 N–H and O–H groups in total. The molecule has 0 bridgehead atoms. The first-order chi connectivity index (χ1) is 9.99. The first-order valence-corrected chi connectivity index (χ1v) is 8.15. The van der Waals surface area contributed by atoms with Crippen LogP contribution in [-0.2, 0) is 16.1 Å². The van der Waals surface area contributed by atoms with Crippen molar-refractivity contribution in [3.63, 3.8) is 0 Å². The Kier molecular flexibility index (Phi) is 7.83. The van der Waals surface area contributed by atoms with E-state index in [4.69, 9.17) is 10.5 Å². The van der Waals surface area contributed by atoms with Gasteiger partial charge in [-0.1, -0.05) is 15.9 Å². The van der Waals surface area contributed by atoms with Gasteiger partial charge in [0, 0.05) is 24.2 Å². The maximum atomic E-state index is 12.2. The third-order valence-electron chi connectivity index (χ3n) is 4.18. The Labute approximate surface area is 146 Å². The van der Waals surface area contributed by atoms with Crippen molar-refractivity contribution in [2.75, 3.05) is 13.2 Å². The lowest BCUT2D eigenvalue weighted by atomic mass is 9.91. The zero-order valence-corrected chi connectivity index (χ0v) is 15.4. The highest BCUT2D eigenvalue weighted by Crippen LogP contribution is 2.21. The van der Waals surface area contributed by atoms with Crippen LogP contribution in [0.5, 0.6) is 0 Å². The number of carbonyl (C=O) groups excluding carboxylic acids is 1. The smallest absolute Gasteiger partial charge is 0.237 e. The second-order valence-corrected chi connectivity index (χ2v) is 6.63. The fourth-order valence-corrected chi connectivity index (χ4v) is 3.49. The van der Waals surface area contributed by atoms with E-state index < -0.39 is 6.04 Å². The molecular formula is C16H24BrClN2O2. The molecule has 4 nitrogen and oxygen atoms in total. The van der Waals surface area contributed by atoms with Gasteiger partial charge in [0.05, 0.1) is 6.04 Å². The predicted molar refractivity (Wildman–Crippen MR) is 94.2 cm³/mol. The fourth-order valence-electron chi connectivity index (χ4n) is 2.80. The molecule has 124 valence electrons. The zero-order valence-electron chi connectivity index (χ0n) is 13.0. The lowest BCUT2D eigenvalue weighted by molar-refractivity contribution is -0.124. The molecular weight excluding hydrogens is 368 g/mol.